The van der Waals surface area contributed by atoms with Crippen molar-refractivity contribution in [3.63, 3.8) is 0 Å². The van der Waals surface area contributed by atoms with E-state index in [9.17, 15) is 4.79 Å². The Balaban J connectivity index is 3.02. The first-order valence-electron chi connectivity index (χ1n) is 4.78. The lowest BCUT2D eigenvalue weighted by molar-refractivity contribution is 0.101. The monoisotopic (exact) mass is 265 g/mol. The molecule has 0 bridgehead atoms. The van der Waals surface area contributed by atoms with Crippen LogP contribution in [0.4, 0.5) is 0 Å². The Morgan fingerprint density at radius 2 is 2.07 bits per heavy atom. The Hall–Kier alpha value is -1.09. The SMILES string of the molecule is CC(=O)c1c(C)n(C)c2cccc(Br)c12. The molecule has 15 heavy (non-hydrogen) atoms. The molecular weight excluding hydrogens is 254 g/mol. The number of aryl methyl sites for hydroxylation is 1. The lowest BCUT2D eigenvalue weighted by atomic mass is 10.1. The van der Waals surface area contributed by atoms with Crippen molar-refractivity contribution in [1.29, 1.82) is 0 Å². The van der Waals surface area contributed by atoms with Gasteiger partial charge in [-0.05, 0) is 26.0 Å². The van der Waals surface area contributed by atoms with Crippen molar-refractivity contribution < 1.29 is 4.79 Å². The van der Waals surface area contributed by atoms with Gasteiger partial charge in [-0.15, -0.1) is 0 Å². The summed E-state index contributed by atoms with van der Waals surface area (Å²) in [7, 11) is 1.98. The maximum absolute atomic E-state index is 11.6. The molecule has 0 aliphatic carbocycles. The molecule has 0 spiro atoms. The largest absolute Gasteiger partial charge is 0.347 e. The topological polar surface area (TPSA) is 22.0 Å². The third-order valence-corrected chi connectivity index (χ3v) is 3.48. The third-order valence-electron chi connectivity index (χ3n) is 2.82. The van der Waals surface area contributed by atoms with Crippen LogP contribution in [0.25, 0.3) is 10.9 Å². The van der Waals surface area contributed by atoms with E-state index < -0.39 is 0 Å². The van der Waals surface area contributed by atoms with E-state index in [2.05, 4.69) is 20.5 Å². The van der Waals surface area contributed by atoms with Crippen molar-refractivity contribution in [2.75, 3.05) is 0 Å². The maximum Gasteiger partial charge on any atom is 0.162 e. The number of benzene rings is 1. The van der Waals surface area contributed by atoms with Crippen LogP contribution in [0.5, 0.6) is 0 Å². The minimum atomic E-state index is 0.116. The van der Waals surface area contributed by atoms with Crippen LogP contribution in [0.1, 0.15) is 23.0 Å². The summed E-state index contributed by atoms with van der Waals surface area (Å²) in [5.74, 6) is 0.116. The molecule has 0 saturated carbocycles. The summed E-state index contributed by atoms with van der Waals surface area (Å²) in [5, 5.41) is 1.02. The highest BCUT2D eigenvalue weighted by atomic mass is 79.9. The Morgan fingerprint density at radius 3 is 2.67 bits per heavy atom. The third kappa shape index (κ3) is 1.42. The molecule has 0 saturated heterocycles. The summed E-state index contributed by atoms with van der Waals surface area (Å²) in [6.07, 6.45) is 0. The average Bonchev–Trinajstić information content (AvgIpc) is 2.43. The number of carbonyl (C=O) groups is 1. The Morgan fingerprint density at radius 1 is 1.40 bits per heavy atom. The van der Waals surface area contributed by atoms with Crippen molar-refractivity contribution in [3.8, 4) is 0 Å². The van der Waals surface area contributed by atoms with Gasteiger partial charge >= 0.3 is 0 Å². The van der Waals surface area contributed by atoms with E-state index in [0.29, 0.717) is 0 Å². The zero-order chi connectivity index (χ0) is 11.2. The first-order valence-corrected chi connectivity index (χ1v) is 5.57. The number of nitrogens with zero attached hydrogens (tertiary/aromatic N) is 1. The molecule has 3 heteroatoms. The molecule has 1 aromatic carbocycles. The van der Waals surface area contributed by atoms with E-state index in [1.54, 1.807) is 6.92 Å². The predicted octanol–water partition coefficient (Wildman–Crippen LogP) is 3.45. The molecule has 2 rings (SSSR count). The molecule has 0 atom stereocenters. The lowest BCUT2D eigenvalue weighted by Crippen LogP contribution is -1.96. The first-order chi connectivity index (χ1) is 7.04. The quantitative estimate of drug-likeness (QED) is 0.724. The van der Waals surface area contributed by atoms with Gasteiger partial charge in [0, 0.05) is 33.7 Å². The predicted molar refractivity (Wildman–Crippen MR) is 65.4 cm³/mol. The number of halogens is 1. The minimum absolute atomic E-state index is 0.116. The van der Waals surface area contributed by atoms with Gasteiger partial charge in [0.15, 0.2) is 5.78 Å². The minimum Gasteiger partial charge on any atom is -0.347 e. The molecule has 0 aliphatic rings. The summed E-state index contributed by atoms with van der Waals surface area (Å²) in [5.41, 5.74) is 2.93. The van der Waals surface area contributed by atoms with Gasteiger partial charge in [0.2, 0.25) is 0 Å². The molecule has 1 heterocycles. The number of aromatic nitrogens is 1. The fraction of sp³-hybridized carbons (Fsp3) is 0.250. The van der Waals surface area contributed by atoms with Crippen LogP contribution in [0, 0.1) is 6.92 Å². The molecule has 2 aromatic rings. The van der Waals surface area contributed by atoms with E-state index in [-0.39, 0.29) is 5.78 Å². The van der Waals surface area contributed by atoms with Crippen molar-refractivity contribution in [2.45, 2.75) is 13.8 Å². The second kappa shape index (κ2) is 3.49. The van der Waals surface area contributed by atoms with Crippen LogP contribution in [0.3, 0.4) is 0 Å². The second-order valence-electron chi connectivity index (χ2n) is 3.71. The number of rotatable bonds is 1. The van der Waals surface area contributed by atoms with Gasteiger partial charge < -0.3 is 4.57 Å². The average molecular weight is 266 g/mol. The normalized spacial score (nSPS) is 10.9. The number of ketones is 1. The van der Waals surface area contributed by atoms with Crippen LogP contribution < -0.4 is 0 Å². The summed E-state index contributed by atoms with van der Waals surface area (Å²) in [4.78, 5) is 11.6. The molecular formula is C12H12BrNO. The fourth-order valence-corrected chi connectivity index (χ4v) is 2.55. The molecule has 0 N–H and O–H groups in total. The van der Waals surface area contributed by atoms with Gasteiger partial charge in [0.25, 0.3) is 0 Å². The Kier molecular flexibility index (Phi) is 2.43. The number of Topliss-reactive ketones (excluding diaryl/α,β-unsaturated/α-hetero) is 1. The Bertz CT molecular complexity index is 554. The van der Waals surface area contributed by atoms with Crippen molar-refractivity contribution >= 4 is 32.6 Å². The van der Waals surface area contributed by atoms with E-state index in [0.717, 1.165) is 26.6 Å². The van der Waals surface area contributed by atoms with E-state index in [1.807, 2.05) is 32.2 Å². The smallest absolute Gasteiger partial charge is 0.162 e. The summed E-state index contributed by atoms with van der Waals surface area (Å²) in [6.45, 7) is 3.59. The van der Waals surface area contributed by atoms with Crippen LogP contribution in [0.2, 0.25) is 0 Å². The van der Waals surface area contributed by atoms with Gasteiger partial charge in [0.05, 0.1) is 0 Å². The lowest BCUT2D eigenvalue weighted by Gasteiger charge is -1.97. The fourth-order valence-electron chi connectivity index (χ4n) is 2.00. The molecule has 0 unspecified atom stereocenters. The highest BCUT2D eigenvalue weighted by Crippen LogP contribution is 2.31. The molecule has 0 amide bonds. The van der Waals surface area contributed by atoms with Crippen molar-refractivity contribution in [3.05, 3.63) is 33.9 Å². The van der Waals surface area contributed by atoms with Crippen LogP contribution in [0.15, 0.2) is 22.7 Å². The number of fused-ring (bicyclic) bond motifs is 1. The van der Waals surface area contributed by atoms with Crippen LogP contribution in [-0.4, -0.2) is 10.4 Å². The van der Waals surface area contributed by atoms with Crippen LogP contribution >= 0.6 is 15.9 Å². The molecule has 2 nitrogen and oxygen atoms in total. The zero-order valence-electron chi connectivity index (χ0n) is 8.97. The van der Waals surface area contributed by atoms with Crippen molar-refractivity contribution in [1.82, 2.24) is 4.57 Å². The van der Waals surface area contributed by atoms with Crippen LogP contribution in [-0.2, 0) is 7.05 Å². The van der Waals surface area contributed by atoms with Gasteiger partial charge in [-0.25, -0.2) is 0 Å². The van der Waals surface area contributed by atoms with E-state index >= 15 is 0 Å². The first kappa shape index (κ1) is 10.4. The van der Waals surface area contributed by atoms with Gasteiger partial charge in [-0.3, -0.25) is 4.79 Å². The standard InChI is InChI=1S/C12H12BrNO/c1-7-11(8(2)15)12-9(13)5-4-6-10(12)14(7)3/h4-6H,1-3H3. The summed E-state index contributed by atoms with van der Waals surface area (Å²) < 4.78 is 3.03. The van der Waals surface area contributed by atoms with E-state index in [4.69, 9.17) is 0 Å². The number of carbonyl (C=O) groups excluding carboxylic acids is 1. The molecule has 0 aliphatic heterocycles. The highest BCUT2D eigenvalue weighted by molar-refractivity contribution is 9.10. The van der Waals surface area contributed by atoms with Gasteiger partial charge in [-0.1, -0.05) is 22.0 Å². The second-order valence-corrected chi connectivity index (χ2v) is 4.56. The van der Waals surface area contributed by atoms with Gasteiger partial charge in [0.1, 0.15) is 0 Å². The zero-order valence-corrected chi connectivity index (χ0v) is 10.6. The van der Waals surface area contributed by atoms with E-state index in [1.165, 1.54) is 0 Å². The molecule has 1 aromatic heterocycles. The highest BCUT2D eigenvalue weighted by Gasteiger charge is 2.16. The molecule has 0 radical (unpaired) electrons. The Labute approximate surface area is 97.0 Å². The molecule has 0 fully saturated rings. The number of hydrogen-bond acceptors (Lipinski definition) is 1. The molecule has 78 valence electrons. The maximum atomic E-state index is 11.6. The summed E-state index contributed by atoms with van der Waals surface area (Å²) >= 11 is 3.50. The van der Waals surface area contributed by atoms with Gasteiger partial charge in [-0.2, -0.15) is 0 Å². The van der Waals surface area contributed by atoms with Crippen molar-refractivity contribution in [2.24, 2.45) is 7.05 Å². The number of hydrogen-bond donors (Lipinski definition) is 0. The summed E-state index contributed by atoms with van der Waals surface area (Å²) in [6, 6.07) is 5.98.